The number of nitrogens with zero attached hydrogens (tertiary/aromatic N) is 2. The maximum atomic E-state index is 4.94. The molecule has 11 rings (SSSR count). The van der Waals surface area contributed by atoms with Gasteiger partial charge >= 0.3 is 0 Å². The highest BCUT2D eigenvalue weighted by atomic mass is 32.1. The zero-order valence-electron chi connectivity index (χ0n) is 28.6. The smallest absolute Gasteiger partial charge is 0.143 e. The summed E-state index contributed by atoms with van der Waals surface area (Å²) in [7, 11) is 0. The summed E-state index contributed by atoms with van der Waals surface area (Å²) < 4.78 is 0. The van der Waals surface area contributed by atoms with Crippen LogP contribution in [0.1, 0.15) is 0 Å². The lowest BCUT2D eigenvalue weighted by molar-refractivity contribution is 1.41. The number of pyridine rings is 1. The van der Waals surface area contributed by atoms with Crippen molar-refractivity contribution in [3.8, 4) is 44.0 Å². The fourth-order valence-electron chi connectivity index (χ4n) is 8.37. The van der Waals surface area contributed by atoms with Crippen molar-refractivity contribution in [1.29, 1.82) is 0 Å². The molecule has 53 heavy (non-hydrogen) atoms. The second-order valence-corrected chi connectivity index (χ2v) is 14.7. The van der Waals surface area contributed by atoms with Crippen LogP contribution < -0.4 is 0 Å². The van der Waals surface area contributed by atoms with Gasteiger partial charge in [-0.1, -0.05) is 157 Å². The standard InChI is InChI=1S/C50H30N2S/c1-3-17-36-31(12-1)14-10-23-40(36)47-41-21-7-8-22-42(41)48(44-30-34-13-2-4-18-37(34)38-19-5-6-20-39(38)44)45-29-33(25-26-43(45)47)32-15-9-16-35(28-32)49-52-46-24-11-27-51-50(46)53-49/h1-30H. The minimum atomic E-state index is 0.934. The quantitative estimate of drug-likeness (QED) is 0.136. The van der Waals surface area contributed by atoms with Gasteiger partial charge in [-0.05, 0) is 118 Å². The molecule has 9 aromatic carbocycles. The first kappa shape index (κ1) is 30.0. The molecule has 2 aromatic heterocycles. The predicted octanol–water partition coefficient (Wildman–Crippen LogP) is 14.1. The molecule has 2 heterocycles. The fourth-order valence-corrected chi connectivity index (χ4v) is 9.27. The average Bonchev–Trinajstić information content (AvgIpc) is 3.67. The van der Waals surface area contributed by atoms with Crippen LogP contribution in [0.4, 0.5) is 0 Å². The summed E-state index contributed by atoms with van der Waals surface area (Å²) in [6.45, 7) is 0. The van der Waals surface area contributed by atoms with Crippen LogP contribution in [0.3, 0.4) is 0 Å². The zero-order chi connectivity index (χ0) is 34.9. The van der Waals surface area contributed by atoms with Gasteiger partial charge < -0.3 is 0 Å². The number of rotatable bonds is 4. The molecular formula is C50H30N2S. The van der Waals surface area contributed by atoms with Crippen LogP contribution in [-0.4, -0.2) is 9.97 Å². The Morgan fingerprint density at radius 2 is 0.981 bits per heavy atom. The van der Waals surface area contributed by atoms with Gasteiger partial charge in [0.2, 0.25) is 0 Å². The summed E-state index contributed by atoms with van der Waals surface area (Å²) in [6, 6.07) is 64.4. The maximum Gasteiger partial charge on any atom is 0.143 e. The molecule has 11 aromatic rings. The molecule has 0 radical (unpaired) electrons. The second-order valence-electron chi connectivity index (χ2n) is 13.7. The van der Waals surface area contributed by atoms with Gasteiger partial charge in [0.15, 0.2) is 0 Å². The summed E-state index contributed by atoms with van der Waals surface area (Å²) in [5.41, 5.74) is 9.39. The maximum absolute atomic E-state index is 4.94. The van der Waals surface area contributed by atoms with Crippen LogP contribution in [0, 0.1) is 0 Å². The topological polar surface area (TPSA) is 25.8 Å². The highest BCUT2D eigenvalue weighted by Crippen LogP contribution is 2.48. The normalized spacial score (nSPS) is 11.8. The van der Waals surface area contributed by atoms with E-state index in [4.69, 9.17) is 4.98 Å². The minimum Gasteiger partial charge on any atom is -0.244 e. The van der Waals surface area contributed by atoms with E-state index < -0.39 is 0 Å². The lowest BCUT2D eigenvalue weighted by Gasteiger charge is -2.21. The summed E-state index contributed by atoms with van der Waals surface area (Å²) >= 11 is 1.64. The van der Waals surface area contributed by atoms with E-state index in [0.29, 0.717) is 0 Å². The van der Waals surface area contributed by atoms with Crippen LogP contribution in [0.15, 0.2) is 182 Å². The van der Waals surface area contributed by atoms with Gasteiger partial charge in [0.05, 0.1) is 0 Å². The van der Waals surface area contributed by atoms with Gasteiger partial charge in [-0.15, -0.1) is 0 Å². The van der Waals surface area contributed by atoms with Gasteiger partial charge in [-0.2, -0.15) is 0 Å². The number of hydrogen-bond donors (Lipinski definition) is 0. The second kappa shape index (κ2) is 11.9. The minimum absolute atomic E-state index is 0.934. The lowest BCUT2D eigenvalue weighted by atomic mass is 9.82. The van der Waals surface area contributed by atoms with Crippen LogP contribution >= 0.6 is 11.3 Å². The summed E-state index contributed by atoms with van der Waals surface area (Å²) in [5.74, 6) is 0. The average molecular weight is 691 g/mol. The van der Waals surface area contributed by atoms with Crippen molar-refractivity contribution in [3.63, 3.8) is 0 Å². The van der Waals surface area contributed by atoms with Gasteiger partial charge in [0, 0.05) is 11.8 Å². The first-order valence-corrected chi connectivity index (χ1v) is 18.8. The lowest BCUT2D eigenvalue weighted by Crippen LogP contribution is -1.93. The van der Waals surface area contributed by atoms with E-state index in [0.717, 1.165) is 26.5 Å². The van der Waals surface area contributed by atoms with Crippen molar-refractivity contribution in [2.75, 3.05) is 0 Å². The zero-order valence-corrected chi connectivity index (χ0v) is 29.4. The highest BCUT2D eigenvalue weighted by molar-refractivity contribution is 7.21. The van der Waals surface area contributed by atoms with Gasteiger partial charge in [0.25, 0.3) is 0 Å². The Balaban J connectivity index is 1.25. The van der Waals surface area contributed by atoms with Crippen LogP contribution in [-0.2, 0) is 0 Å². The number of aromatic nitrogens is 2. The Hall–Kier alpha value is -6.68. The van der Waals surface area contributed by atoms with Crippen LogP contribution in [0.25, 0.3) is 108 Å². The van der Waals surface area contributed by atoms with E-state index in [1.807, 2.05) is 18.3 Å². The van der Waals surface area contributed by atoms with Crippen LogP contribution in [0.5, 0.6) is 0 Å². The van der Waals surface area contributed by atoms with E-state index >= 15 is 0 Å². The molecule has 246 valence electrons. The molecule has 0 saturated heterocycles. The van der Waals surface area contributed by atoms with Crippen molar-refractivity contribution >= 4 is 75.5 Å². The third kappa shape index (κ3) is 4.78. The molecule has 0 fully saturated rings. The Bertz CT molecular complexity index is 3210. The van der Waals surface area contributed by atoms with Crippen molar-refractivity contribution < 1.29 is 0 Å². The molecule has 0 bridgehead atoms. The van der Waals surface area contributed by atoms with Gasteiger partial charge in [-0.25, -0.2) is 9.97 Å². The predicted molar refractivity (Wildman–Crippen MR) is 227 cm³/mol. The molecule has 0 N–H and O–H groups in total. The number of benzene rings is 9. The van der Waals surface area contributed by atoms with E-state index in [1.165, 1.54) is 81.7 Å². The van der Waals surface area contributed by atoms with Gasteiger partial charge in [0.1, 0.15) is 15.4 Å². The van der Waals surface area contributed by atoms with Crippen LogP contribution in [0.2, 0.25) is 0 Å². The van der Waals surface area contributed by atoms with Crippen molar-refractivity contribution in [3.05, 3.63) is 182 Å². The van der Waals surface area contributed by atoms with Crippen molar-refractivity contribution in [2.24, 2.45) is 0 Å². The summed E-state index contributed by atoms with van der Waals surface area (Å²) in [4.78, 5) is 10.4. The Morgan fingerprint density at radius 3 is 1.81 bits per heavy atom. The Labute approximate surface area is 310 Å². The van der Waals surface area contributed by atoms with Gasteiger partial charge in [-0.3, -0.25) is 0 Å². The fraction of sp³-hybridized carbons (Fsp3) is 0. The number of thiazole rings is 1. The molecule has 3 heteroatoms. The monoisotopic (exact) mass is 690 g/mol. The Morgan fingerprint density at radius 1 is 0.358 bits per heavy atom. The third-order valence-electron chi connectivity index (χ3n) is 10.7. The molecule has 2 nitrogen and oxygen atoms in total. The molecule has 0 aliphatic carbocycles. The molecule has 0 atom stereocenters. The largest absolute Gasteiger partial charge is 0.244 e. The molecule has 0 saturated carbocycles. The molecule has 0 aliphatic heterocycles. The molecule has 0 spiro atoms. The van der Waals surface area contributed by atoms with E-state index in [-0.39, 0.29) is 0 Å². The molecule has 0 aliphatic rings. The summed E-state index contributed by atoms with van der Waals surface area (Å²) in [5, 5.41) is 13.5. The van der Waals surface area contributed by atoms with Crippen molar-refractivity contribution in [1.82, 2.24) is 9.97 Å². The Kier molecular flexibility index (Phi) is 6.76. The van der Waals surface area contributed by atoms with E-state index in [1.54, 1.807) is 11.3 Å². The van der Waals surface area contributed by atoms with E-state index in [9.17, 15) is 0 Å². The number of fused-ring (bicyclic) bond motifs is 7. The highest BCUT2D eigenvalue weighted by Gasteiger charge is 2.21. The SMILES string of the molecule is c1cc(-c2ccc3c(-c4cccc5ccccc45)c4ccccc4c(-c4cc5ccccc5c5ccccc45)c3c2)cc(-c2nc3cccnc3s2)c1. The third-order valence-corrected chi connectivity index (χ3v) is 11.8. The molecule has 0 amide bonds. The van der Waals surface area contributed by atoms with E-state index in [2.05, 4.69) is 169 Å². The first-order chi connectivity index (χ1) is 26.3. The molecule has 0 unspecified atom stereocenters. The summed E-state index contributed by atoms with van der Waals surface area (Å²) in [6.07, 6.45) is 1.84. The first-order valence-electron chi connectivity index (χ1n) is 18.0. The molecular weight excluding hydrogens is 661 g/mol. The number of hydrogen-bond acceptors (Lipinski definition) is 3. The van der Waals surface area contributed by atoms with Crippen molar-refractivity contribution in [2.45, 2.75) is 0 Å².